The lowest BCUT2D eigenvalue weighted by Crippen LogP contribution is -2.54. The monoisotopic (exact) mass is 582 g/mol. The number of nitrogens with zero attached hydrogens (tertiary/aromatic N) is 1. The lowest BCUT2D eigenvalue weighted by atomic mass is 9.89. The highest BCUT2D eigenvalue weighted by Gasteiger charge is 2.41. The SMILES string of the molecule is CCOc1ccc(CCNC(=O)c2ccc(/C=C3/OC4CCCCC4N(Cc4ccc(C)cc4)C3=O)cc2)cc1OCC. The second-order valence-corrected chi connectivity index (χ2v) is 11.2. The summed E-state index contributed by atoms with van der Waals surface area (Å²) in [6.07, 6.45) is 6.61. The Morgan fingerprint density at radius 1 is 0.930 bits per heavy atom. The lowest BCUT2D eigenvalue weighted by molar-refractivity contribution is -0.149. The van der Waals surface area contributed by atoms with E-state index in [-0.39, 0.29) is 24.0 Å². The van der Waals surface area contributed by atoms with E-state index >= 15 is 0 Å². The molecule has 1 saturated heterocycles. The van der Waals surface area contributed by atoms with Crippen molar-refractivity contribution in [2.45, 2.75) is 71.6 Å². The fourth-order valence-corrected chi connectivity index (χ4v) is 5.81. The van der Waals surface area contributed by atoms with Crippen LogP contribution in [-0.4, -0.2) is 48.6 Å². The largest absolute Gasteiger partial charge is 0.490 e. The summed E-state index contributed by atoms with van der Waals surface area (Å²) in [5, 5.41) is 3.00. The van der Waals surface area contributed by atoms with E-state index in [9.17, 15) is 9.59 Å². The molecule has 0 radical (unpaired) electrons. The highest BCUT2D eigenvalue weighted by Crippen LogP contribution is 2.34. The summed E-state index contributed by atoms with van der Waals surface area (Å²) in [6, 6.07) is 21.6. The number of ether oxygens (including phenoxy) is 3. The summed E-state index contributed by atoms with van der Waals surface area (Å²) < 4.78 is 17.6. The number of benzene rings is 3. The highest BCUT2D eigenvalue weighted by atomic mass is 16.5. The minimum absolute atomic E-state index is 0.00758. The predicted molar refractivity (Wildman–Crippen MR) is 168 cm³/mol. The molecular weight excluding hydrogens is 540 g/mol. The molecule has 3 aromatic carbocycles. The molecule has 2 amide bonds. The Kier molecular flexibility index (Phi) is 10.0. The number of carbonyl (C=O) groups excluding carboxylic acids is 2. The van der Waals surface area contributed by atoms with Crippen LogP contribution in [0.4, 0.5) is 0 Å². The first kappa shape index (κ1) is 30.2. The van der Waals surface area contributed by atoms with E-state index in [1.807, 2.05) is 49.1 Å². The van der Waals surface area contributed by atoms with Crippen molar-refractivity contribution in [1.82, 2.24) is 10.2 Å². The van der Waals surface area contributed by atoms with Crippen LogP contribution < -0.4 is 14.8 Å². The van der Waals surface area contributed by atoms with Crippen LogP contribution in [0.25, 0.3) is 6.08 Å². The minimum atomic E-state index is -0.144. The molecule has 2 aliphatic rings. The van der Waals surface area contributed by atoms with Crippen LogP contribution in [0.3, 0.4) is 0 Å². The van der Waals surface area contributed by atoms with Gasteiger partial charge in [-0.1, -0.05) is 54.4 Å². The topological polar surface area (TPSA) is 77.1 Å². The lowest BCUT2D eigenvalue weighted by Gasteiger charge is -2.44. The van der Waals surface area contributed by atoms with Gasteiger partial charge in [-0.25, -0.2) is 0 Å². The second kappa shape index (κ2) is 14.3. The smallest absolute Gasteiger partial charge is 0.289 e. The first-order chi connectivity index (χ1) is 20.9. The Bertz CT molecular complexity index is 1430. The van der Waals surface area contributed by atoms with Gasteiger partial charge in [-0.3, -0.25) is 9.59 Å². The quantitative estimate of drug-likeness (QED) is 0.262. The number of amides is 2. The summed E-state index contributed by atoms with van der Waals surface area (Å²) >= 11 is 0. The summed E-state index contributed by atoms with van der Waals surface area (Å²) in [5.41, 5.74) is 4.77. The molecule has 1 N–H and O–H groups in total. The van der Waals surface area contributed by atoms with Gasteiger partial charge in [-0.05, 0) is 93.5 Å². The molecule has 1 saturated carbocycles. The zero-order valence-corrected chi connectivity index (χ0v) is 25.4. The number of nitrogens with one attached hydrogen (secondary N) is 1. The number of carbonyl (C=O) groups is 2. The molecular formula is C36H42N2O5. The number of aryl methyl sites for hydroxylation is 1. The minimum Gasteiger partial charge on any atom is -0.490 e. The Hall–Kier alpha value is -4.26. The molecule has 1 aliphatic carbocycles. The summed E-state index contributed by atoms with van der Waals surface area (Å²) in [6.45, 7) is 8.15. The average molecular weight is 583 g/mol. The Morgan fingerprint density at radius 2 is 1.63 bits per heavy atom. The van der Waals surface area contributed by atoms with E-state index in [4.69, 9.17) is 14.2 Å². The number of hydrogen-bond acceptors (Lipinski definition) is 5. The van der Waals surface area contributed by atoms with Gasteiger partial charge < -0.3 is 24.4 Å². The molecule has 7 heteroatoms. The van der Waals surface area contributed by atoms with Gasteiger partial charge in [-0.2, -0.15) is 0 Å². The van der Waals surface area contributed by atoms with Crippen LogP contribution in [0, 0.1) is 6.92 Å². The van der Waals surface area contributed by atoms with Crippen molar-refractivity contribution in [3.8, 4) is 11.5 Å². The number of morpholine rings is 1. The highest BCUT2D eigenvalue weighted by molar-refractivity contribution is 5.97. The van der Waals surface area contributed by atoms with Crippen LogP contribution in [-0.2, 0) is 22.5 Å². The van der Waals surface area contributed by atoms with Crippen LogP contribution in [0.15, 0.2) is 72.5 Å². The molecule has 43 heavy (non-hydrogen) atoms. The van der Waals surface area contributed by atoms with Crippen molar-refractivity contribution >= 4 is 17.9 Å². The number of fused-ring (bicyclic) bond motifs is 1. The maximum Gasteiger partial charge on any atom is 0.289 e. The first-order valence-electron chi connectivity index (χ1n) is 15.5. The Morgan fingerprint density at radius 3 is 2.37 bits per heavy atom. The molecule has 5 rings (SSSR count). The molecule has 0 bridgehead atoms. The molecule has 2 atom stereocenters. The molecule has 7 nitrogen and oxygen atoms in total. The maximum absolute atomic E-state index is 13.6. The fraction of sp³-hybridized carbons (Fsp3) is 0.389. The van der Waals surface area contributed by atoms with Gasteiger partial charge >= 0.3 is 0 Å². The van der Waals surface area contributed by atoms with Crippen LogP contribution in [0.1, 0.15) is 72.1 Å². The van der Waals surface area contributed by atoms with Gasteiger partial charge in [0, 0.05) is 18.7 Å². The van der Waals surface area contributed by atoms with Gasteiger partial charge in [0.05, 0.1) is 19.3 Å². The van der Waals surface area contributed by atoms with Crippen LogP contribution in [0.5, 0.6) is 11.5 Å². The van der Waals surface area contributed by atoms with E-state index in [0.717, 1.165) is 53.9 Å². The van der Waals surface area contributed by atoms with Crippen molar-refractivity contribution in [1.29, 1.82) is 0 Å². The van der Waals surface area contributed by atoms with E-state index in [0.29, 0.717) is 44.0 Å². The summed E-state index contributed by atoms with van der Waals surface area (Å²) in [5.74, 6) is 1.59. The van der Waals surface area contributed by atoms with E-state index in [1.54, 1.807) is 18.2 Å². The third-order valence-corrected chi connectivity index (χ3v) is 8.07. The van der Waals surface area contributed by atoms with E-state index in [1.165, 1.54) is 5.56 Å². The number of rotatable bonds is 11. The number of hydrogen-bond donors (Lipinski definition) is 1. The molecule has 2 unspecified atom stereocenters. The molecule has 2 fully saturated rings. The van der Waals surface area contributed by atoms with E-state index < -0.39 is 0 Å². The molecule has 0 aromatic heterocycles. The predicted octanol–water partition coefficient (Wildman–Crippen LogP) is 6.48. The maximum atomic E-state index is 13.6. The van der Waals surface area contributed by atoms with Gasteiger partial charge in [0.25, 0.3) is 11.8 Å². The standard InChI is InChI=1S/C36H42N2O5/c1-4-41-32-19-16-27(22-33(32)42-5-2)20-21-37-35(39)29-17-14-26(15-18-29)23-34-36(40)38(24-28-12-10-25(3)11-13-28)30-8-6-7-9-31(30)43-34/h10-19,22-23,30-31H,4-9,20-21,24H2,1-3H3,(H,37,39)/b34-23+. The fourth-order valence-electron chi connectivity index (χ4n) is 5.81. The third-order valence-electron chi connectivity index (χ3n) is 8.07. The molecule has 0 spiro atoms. The van der Waals surface area contributed by atoms with Gasteiger partial charge in [0.2, 0.25) is 0 Å². The van der Waals surface area contributed by atoms with Gasteiger partial charge in [-0.15, -0.1) is 0 Å². The third kappa shape index (κ3) is 7.58. The Labute approximate surface area is 254 Å². The van der Waals surface area contributed by atoms with Crippen molar-refractivity contribution in [2.24, 2.45) is 0 Å². The molecule has 1 aliphatic heterocycles. The van der Waals surface area contributed by atoms with Crippen LogP contribution in [0.2, 0.25) is 0 Å². The Balaban J connectivity index is 1.21. The second-order valence-electron chi connectivity index (χ2n) is 11.2. The molecule has 3 aromatic rings. The zero-order valence-electron chi connectivity index (χ0n) is 25.4. The normalized spacial score (nSPS) is 19.0. The first-order valence-corrected chi connectivity index (χ1v) is 15.5. The molecule has 226 valence electrons. The zero-order chi connectivity index (χ0) is 30.2. The van der Waals surface area contributed by atoms with Crippen molar-refractivity contribution in [3.63, 3.8) is 0 Å². The van der Waals surface area contributed by atoms with Crippen molar-refractivity contribution in [2.75, 3.05) is 19.8 Å². The van der Waals surface area contributed by atoms with Gasteiger partial charge in [0.1, 0.15) is 6.10 Å². The van der Waals surface area contributed by atoms with Crippen molar-refractivity contribution < 1.29 is 23.8 Å². The summed E-state index contributed by atoms with van der Waals surface area (Å²) in [4.78, 5) is 28.5. The van der Waals surface area contributed by atoms with Crippen LogP contribution >= 0.6 is 0 Å². The summed E-state index contributed by atoms with van der Waals surface area (Å²) in [7, 11) is 0. The average Bonchev–Trinajstić information content (AvgIpc) is 3.02. The van der Waals surface area contributed by atoms with E-state index in [2.05, 4.69) is 36.5 Å². The molecule has 1 heterocycles. The van der Waals surface area contributed by atoms with Crippen molar-refractivity contribution in [3.05, 3.63) is 100 Å². The van der Waals surface area contributed by atoms with Gasteiger partial charge in [0.15, 0.2) is 17.3 Å².